The minimum atomic E-state index is -0.504. The van der Waals surface area contributed by atoms with Gasteiger partial charge in [0.15, 0.2) is 0 Å². The maximum Gasteiger partial charge on any atom is 0.270 e. The summed E-state index contributed by atoms with van der Waals surface area (Å²) in [6.45, 7) is 0. The summed E-state index contributed by atoms with van der Waals surface area (Å²) in [7, 11) is 0. The zero-order valence-electron chi connectivity index (χ0n) is 8.14. The lowest BCUT2D eigenvalue weighted by atomic mass is 10.1. The van der Waals surface area contributed by atoms with Crippen LogP contribution in [0.15, 0.2) is 27.7 Å². The Balaban J connectivity index is 2.44. The number of hydrogen-bond acceptors (Lipinski definition) is 4. The van der Waals surface area contributed by atoms with Gasteiger partial charge in [-0.05, 0) is 24.5 Å². The molecule has 0 heterocycles. The summed E-state index contributed by atoms with van der Waals surface area (Å²) >= 11 is 3.27. The molecule has 1 aliphatic carbocycles. The van der Waals surface area contributed by atoms with Crippen molar-refractivity contribution in [1.82, 2.24) is 0 Å². The topological polar surface area (TPSA) is 72.6 Å². The van der Waals surface area contributed by atoms with Gasteiger partial charge in [0, 0.05) is 16.6 Å². The van der Waals surface area contributed by atoms with E-state index in [1.165, 1.54) is 12.1 Å². The number of aliphatic imine (C=N–C) groups is 1. The predicted molar refractivity (Wildman–Crippen MR) is 59.8 cm³/mol. The summed E-state index contributed by atoms with van der Waals surface area (Å²) in [5, 5.41) is 10.6. The fourth-order valence-corrected chi connectivity index (χ4v) is 2.38. The van der Waals surface area contributed by atoms with E-state index >= 15 is 0 Å². The first-order valence-electron chi connectivity index (χ1n) is 4.62. The number of benzene rings is 1. The van der Waals surface area contributed by atoms with Crippen molar-refractivity contribution in [2.75, 3.05) is 0 Å². The van der Waals surface area contributed by atoms with Crippen molar-refractivity contribution >= 4 is 27.7 Å². The molecule has 82 valence electrons. The van der Waals surface area contributed by atoms with Crippen LogP contribution in [0.3, 0.4) is 0 Å². The molecule has 0 saturated heterocycles. The van der Waals surface area contributed by atoms with Crippen LogP contribution >= 0.6 is 15.9 Å². The Morgan fingerprint density at radius 2 is 2.19 bits per heavy atom. The van der Waals surface area contributed by atoms with Crippen LogP contribution in [0.1, 0.15) is 18.4 Å². The van der Waals surface area contributed by atoms with Gasteiger partial charge in [0.25, 0.3) is 5.69 Å². The van der Waals surface area contributed by atoms with Crippen LogP contribution < -0.4 is 0 Å². The van der Waals surface area contributed by atoms with Crippen LogP contribution in [0.4, 0.5) is 5.69 Å². The molecule has 0 atom stereocenters. The maximum atomic E-state index is 10.6. The summed E-state index contributed by atoms with van der Waals surface area (Å²) in [5.41, 5.74) is 0.318. The number of nitro groups is 1. The molecule has 0 aliphatic heterocycles. The van der Waals surface area contributed by atoms with Gasteiger partial charge >= 0.3 is 0 Å². The third-order valence-corrected chi connectivity index (χ3v) is 3.30. The van der Waals surface area contributed by atoms with E-state index in [1.807, 2.05) is 0 Å². The molecule has 0 N–H and O–H groups in total. The number of rotatable bonds is 3. The van der Waals surface area contributed by atoms with Gasteiger partial charge in [-0.1, -0.05) is 15.9 Å². The standard InChI is InChI=1S/C10H7BrN2O3/c11-9-5-7(13(15)16)1-2-8(9)10(3-4-10)12-6-14/h1-2,5H,3-4H2. The third kappa shape index (κ3) is 1.77. The molecular weight excluding hydrogens is 276 g/mol. The summed E-state index contributed by atoms with van der Waals surface area (Å²) in [6, 6.07) is 4.48. The van der Waals surface area contributed by atoms with Gasteiger partial charge in [0.05, 0.1) is 10.5 Å². The molecule has 0 amide bonds. The highest BCUT2D eigenvalue weighted by molar-refractivity contribution is 9.10. The average molecular weight is 283 g/mol. The Morgan fingerprint density at radius 3 is 2.62 bits per heavy atom. The van der Waals surface area contributed by atoms with Crippen LogP contribution in [0, 0.1) is 10.1 Å². The Hall–Kier alpha value is -1.52. The highest BCUT2D eigenvalue weighted by Crippen LogP contribution is 2.51. The second kappa shape index (κ2) is 3.81. The van der Waals surface area contributed by atoms with Crippen molar-refractivity contribution < 1.29 is 9.72 Å². The summed E-state index contributed by atoms with van der Waals surface area (Å²) < 4.78 is 0.609. The summed E-state index contributed by atoms with van der Waals surface area (Å²) in [5.74, 6) is 0. The van der Waals surface area contributed by atoms with Crippen LogP contribution in [-0.4, -0.2) is 11.0 Å². The molecule has 6 heteroatoms. The average Bonchev–Trinajstić information content (AvgIpc) is 2.99. The van der Waals surface area contributed by atoms with E-state index in [2.05, 4.69) is 20.9 Å². The van der Waals surface area contributed by atoms with E-state index in [9.17, 15) is 14.9 Å². The molecule has 0 aromatic heterocycles. The number of carbonyl (C=O) groups excluding carboxylic acids is 1. The molecule has 2 rings (SSSR count). The van der Waals surface area contributed by atoms with Gasteiger partial charge in [0.2, 0.25) is 6.08 Å². The SMILES string of the molecule is O=C=NC1(c2ccc([N+](=O)[O-])cc2Br)CC1. The van der Waals surface area contributed by atoms with E-state index in [0.717, 1.165) is 18.4 Å². The first-order chi connectivity index (χ1) is 7.59. The smallest absolute Gasteiger partial charge is 0.258 e. The van der Waals surface area contributed by atoms with Crippen molar-refractivity contribution in [3.05, 3.63) is 38.3 Å². The van der Waals surface area contributed by atoms with E-state index in [4.69, 9.17) is 0 Å². The fraction of sp³-hybridized carbons (Fsp3) is 0.300. The van der Waals surface area contributed by atoms with Crippen LogP contribution in [-0.2, 0) is 10.3 Å². The maximum absolute atomic E-state index is 10.6. The first kappa shape index (κ1) is 11.0. The minimum absolute atomic E-state index is 0.0153. The van der Waals surface area contributed by atoms with Gasteiger partial charge in [-0.15, -0.1) is 0 Å². The van der Waals surface area contributed by atoms with Crippen molar-refractivity contribution in [3.63, 3.8) is 0 Å². The second-order valence-electron chi connectivity index (χ2n) is 3.66. The molecule has 0 bridgehead atoms. The molecule has 16 heavy (non-hydrogen) atoms. The number of hydrogen-bond donors (Lipinski definition) is 0. The minimum Gasteiger partial charge on any atom is -0.258 e. The van der Waals surface area contributed by atoms with Crippen LogP contribution in [0.25, 0.3) is 0 Å². The van der Waals surface area contributed by atoms with Gasteiger partial charge in [-0.3, -0.25) is 10.1 Å². The molecule has 1 aliphatic rings. The summed E-state index contributed by atoms with van der Waals surface area (Å²) in [4.78, 5) is 24.2. The van der Waals surface area contributed by atoms with Crippen LogP contribution in [0.2, 0.25) is 0 Å². The number of nitro benzene ring substituents is 1. The molecule has 1 saturated carbocycles. The van der Waals surface area contributed by atoms with E-state index in [0.29, 0.717) is 4.47 Å². The second-order valence-corrected chi connectivity index (χ2v) is 4.51. The molecule has 5 nitrogen and oxygen atoms in total. The number of non-ortho nitro benzene ring substituents is 1. The summed E-state index contributed by atoms with van der Waals surface area (Å²) in [6.07, 6.45) is 3.11. The van der Waals surface area contributed by atoms with E-state index < -0.39 is 10.5 Å². The Kier molecular flexibility index (Phi) is 2.61. The molecular formula is C10H7BrN2O3. The Morgan fingerprint density at radius 1 is 1.50 bits per heavy atom. The fourth-order valence-electron chi connectivity index (χ4n) is 1.64. The van der Waals surface area contributed by atoms with E-state index in [1.54, 1.807) is 12.1 Å². The third-order valence-electron chi connectivity index (χ3n) is 2.65. The van der Waals surface area contributed by atoms with Crippen molar-refractivity contribution in [2.24, 2.45) is 4.99 Å². The zero-order chi connectivity index (χ0) is 11.8. The Labute approximate surface area is 99.5 Å². The van der Waals surface area contributed by atoms with E-state index in [-0.39, 0.29) is 5.69 Å². The lowest BCUT2D eigenvalue weighted by Crippen LogP contribution is -2.03. The first-order valence-corrected chi connectivity index (χ1v) is 5.42. The largest absolute Gasteiger partial charge is 0.270 e. The zero-order valence-corrected chi connectivity index (χ0v) is 9.73. The number of halogens is 1. The molecule has 0 radical (unpaired) electrons. The quantitative estimate of drug-likeness (QED) is 0.370. The predicted octanol–water partition coefficient (Wildman–Crippen LogP) is 2.68. The van der Waals surface area contributed by atoms with Gasteiger partial charge < -0.3 is 0 Å². The number of nitrogens with zero attached hydrogens (tertiary/aromatic N) is 2. The van der Waals surface area contributed by atoms with Crippen molar-refractivity contribution in [1.29, 1.82) is 0 Å². The van der Waals surface area contributed by atoms with Gasteiger partial charge in [-0.2, -0.15) is 4.99 Å². The normalized spacial score (nSPS) is 16.3. The van der Waals surface area contributed by atoms with Gasteiger partial charge in [0.1, 0.15) is 0 Å². The lowest BCUT2D eigenvalue weighted by Gasteiger charge is -2.09. The van der Waals surface area contributed by atoms with Crippen molar-refractivity contribution in [3.8, 4) is 0 Å². The molecule has 1 aromatic carbocycles. The lowest BCUT2D eigenvalue weighted by molar-refractivity contribution is -0.384. The Bertz CT molecular complexity index is 505. The van der Waals surface area contributed by atoms with Crippen molar-refractivity contribution in [2.45, 2.75) is 18.4 Å². The highest BCUT2D eigenvalue weighted by Gasteiger charge is 2.46. The monoisotopic (exact) mass is 282 g/mol. The molecule has 1 fully saturated rings. The molecule has 0 spiro atoms. The number of isocyanates is 1. The van der Waals surface area contributed by atoms with Crippen LogP contribution in [0.5, 0.6) is 0 Å². The molecule has 0 unspecified atom stereocenters. The molecule has 1 aromatic rings. The highest BCUT2D eigenvalue weighted by atomic mass is 79.9. The van der Waals surface area contributed by atoms with Gasteiger partial charge in [-0.25, -0.2) is 4.79 Å².